The van der Waals surface area contributed by atoms with Gasteiger partial charge in [0.05, 0.1) is 0 Å². The van der Waals surface area contributed by atoms with E-state index in [9.17, 15) is 14.9 Å². The highest BCUT2D eigenvalue weighted by Gasteiger charge is 2.19. The predicted molar refractivity (Wildman–Crippen MR) is 121 cm³/mol. The molecule has 1 saturated heterocycles. The number of nitrogens with one attached hydrogen (secondary N) is 1. The Balaban J connectivity index is 1.62. The number of carbonyl (C=O) groups is 2. The molecule has 156 valence electrons. The molecular formula is C25H24N4O2. The Morgan fingerprint density at radius 2 is 1.81 bits per heavy atom. The minimum Gasteiger partial charge on any atom is -0.341 e. The van der Waals surface area contributed by atoms with Gasteiger partial charge in [-0.3, -0.25) is 9.59 Å². The van der Waals surface area contributed by atoms with Gasteiger partial charge in [0.2, 0.25) is 5.91 Å². The summed E-state index contributed by atoms with van der Waals surface area (Å²) in [5.41, 5.74) is 3.37. The number of para-hydroxylation sites is 1. The van der Waals surface area contributed by atoms with Crippen molar-refractivity contribution in [2.75, 3.05) is 18.4 Å². The average molecular weight is 412 g/mol. The van der Waals surface area contributed by atoms with Gasteiger partial charge in [0.1, 0.15) is 18.2 Å². The number of hydrogen-bond donors (Lipinski definition) is 1. The SMILES string of the molecule is Cc1ccc(NC(=O)/C(C#N)=C/c2cn(CC(=O)N3CCCC3)c3ccccc23)cc1. The molecule has 1 aliphatic rings. The lowest BCUT2D eigenvalue weighted by molar-refractivity contribution is -0.130. The number of carbonyl (C=O) groups excluding carboxylic acids is 2. The summed E-state index contributed by atoms with van der Waals surface area (Å²) in [6.07, 6.45) is 5.53. The van der Waals surface area contributed by atoms with Gasteiger partial charge >= 0.3 is 0 Å². The van der Waals surface area contributed by atoms with Crippen LogP contribution in [0.3, 0.4) is 0 Å². The van der Waals surface area contributed by atoms with E-state index >= 15 is 0 Å². The van der Waals surface area contributed by atoms with Crippen molar-refractivity contribution in [1.82, 2.24) is 9.47 Å². The van der Waals surface area contributed by atoms with Crippen LogP contribution in [-0.4, -0.2) is 34.4 Å². The Morgan fingerprint density at radius 3 is 2.52 bits per heavy atom. The van der Waals surface area contributed by atoms with Crippen molar-refractivity contribution in [3.05, 3.63) is 71.4 Å². The molecule has 2 amide bonds. The summed E-state index contributed by atoms with van der Waals surface area (Å²) >= 11 is 0. The van der Waals surface area contributed by atoms with Crippen LogP contribution in [0.15, 0.2) is 60.3 Å². The van der Waals surface area contributed by atoms with Gasteiger partial charge in [-0.25, -0.2) is 0 Å². The molecule has 1 N–H and O–H groups in total. The molecule has 2 aromatic carbocycles. The van der Waals surface area contributed by atoms with Crippen LogP contribution in [0, 0.1) is 18.3 Å². The van der Waals surface area contributed by atoms with E-state index in [0.717, 1.165) is 48.0 Å². The van der Waals surface area contributed by atoms with Crippen LogP contribution >= 0.6 is 0 Å². The first-order valence-corrected chi connectivity index (χ1v) is 10.4. The molecule has 0 radical (unpaired) electrons. The minimum atomic E-state index is -0.462. The number of likely N-dealkylation sites (tertiary alicyclic amines) is 1. The number of amides is 2. The maximum Gasteiger partial charge on any atom is 0.266 e. The molecule has 0 aliphatic carbocycles. The zero-order chi connectivity index (χ0) is 21.8. The lowest BCUT2D eigenvalue weighted by Crippen LogP contribution is -2.30. The number of hydrogen-bond acceptors (Lipinski definition) is 3. The second kappa shape index (κ2) is 8.88. The quantitative estimate of drug-likeness (QED) is 0.506. The van der Waals surface area contributed by atoms with Crippen LogP contribution in [-0.2, 0) is 16.1 Å². The Hall–Kier alpha value is -3.85. The summed E-state index contributed by atoms with van der Waals surface area (Å²) in [5.74, 6) is -0.372. The summed E-state index contributed by atoms with van der Waals surface area (Å²) in [7, 11) is 0. The molecule has 31 heavy (non-hydrogen) atoms. The smallest absolute Gasteiger partial charge is 0.266 e. The Kier molecular flexibility index (Phi) is 5.85. The maximum atomic E-state index is 12.7. The number of benzene rings is 2. The van der Waals surface area contributed by atoms with Crippen molar-refractivity contribution >= 4 is 34.5 Å². The highest BCUT2D eigenvalue weighted by atomic mass is 16.2. The summed E-state index contributed by atoms with van der Waals surface area (Å²) in [5, 5.41) is 13.3. The molecule has 6 heteroatoms. The summed E-state index contributed by atoms with van der Waals surface area (Å²) in [6.45, 7) is 3.83. The molecule has 1 fully saturated rings. The van der Waals surface area contributed by atoms with E-state index in [0.29, 0.717) is 5.69 Å². The van der Waals surface area contributed by atoms with Crippen molar-refractivity contribution in [2.24, 2.45) is 0 Å². The van der Waals surface area contributed by atoms with E-state index < -0.39 is 5.91 Å². The Bertz CT molecular complexity index is 1190. The third-order valence-corrected chi connectivity index (χ3v) is 5.56. The third kappa shape index (κ3) is 4.51. The van der Waals surface area contributed by atoms with Crippen molar-refractivity contribution in [3.8, 4) is 6.07 Å². The fourth-order valence-corrected chi connectivity index (χ4v) is 3.87. The molecule has 4 rings (SSSR count). The molecular weight excluding hydrogens is 388 g/mol. The zero-order valence-electron chi connectivity index (χ0n) is 17.5. The lowest BCUT2D eigenvalue weighted by Gasteiger charge is -2.15. The van der Waals surface area contributed by atoms with E-state index in [-0.39, 0.29) is 18.0 Å². The molecule has 1 aromatic heterocycles. The monoisotopic (exact) mass is 412 g/mol. The van der Waals surface area contributed by atoms with Gasteiger partial charge in [-0.2, -0.15) is 5.26 Å². The predicted octanol–water partition coefficient (Wildman–Crippen LogP) is 4.12. The fraction of sp³-hybridized carbons (Fsp3) is 0.240. The largest absolute Gasteiger partial charge is 0.341 e. The lowest BCUT2D eigenvalue weighted by atomic mass is 10.1. The van der Waals surface area contributed by atoms with E-state index in [4.69, 9.17) is 0 Å². The van der Waals surface area contributed by atoms with E-state index in [1.165, 1.54) is 0 Å². The molecule has 1 aliphatic heterocycles. The number of fused-ring (bicyclic) bond motifs is 1. The van der Waals surface area contributed by atoms with Gasteiger partial charge in [0, 0.05) is 41.4 Å². The van der Waals surface area contributed by atoms with E-state index in [2.05, 4.69) is 5.32 Å². The van der Waals surface area contributed by atoms with Crippen LogP contribution in [0.25, 0.3) is 17.0 Å². The van der Waals surface area contributed by atoms with Crippen molar-refractivity contribution in [2.45, 2.75) is 26.3 Å². The molecule has 0 saturated carbocycles. The van der Waals surface area contributed by atoms with Crippen molar-refractivity contribution < 1.29 is 9.59 Å². The third-order valence-electron chi connectivity index (χ3n) is 5.56. The zero-order valence-corrected chi connectivity index (χ0v) is 17.5. The topological polar surface area (TPSA) is 78.1 Å². The molecule has 0 bridgehead atoms. The molecule has 3 aromatic rings. The number of nitriles is 1. The van der Waals surface area contributed by atoms with Gasteiger partial charge in [-0.1, -0.05) is 35.9 Å². The number of aryl methyl sites for hydroxylation is 1. The standard InChI is InChI=1S/C25H24N4O2/c1-18-8-10-21(11-9-18)27-25(31)19(15-26)14-20-16-29(23-7-3-2-6-22(20)23)17-24(30)28-12-4-5-13-28/h2-3,6-11,14,16H,4-5,12-13,17H2,1H3,(H,27,31)/b19-14+. The Morgan fingerprint density at radius 1 is 1.10 bits per heavy atom. The first kappa shape index (κ1) is 20.4. The van der Waals surface area contributed by atoms with Crippen LogP contribution in [0.1, 0.15) is 24.0 Å². The molecule has 0 atom stereocenters. The Labute approximate surface area is 181 Å². The fourth-order valence-electron chi connectivity index (χ4n) is 3.87. The number of nitrogens with zero attached hydrogens (tertiary/aromatic N) is 3. The van der Waals surface area contributed by atoms with Crippen LogP contribution in [0.5, 0.6) is 0 Å². The number of rotatable bonds is 5. The molecule has 0 spiro atoms. The highest BCUT2D eigenvalue weighted by Crippen LogP contribution is 2.24. The minimum absolute atomic E-state index is 0.00866. The van der Waals surface area contributed by atoms with Crippen LogP contribution in [0.2, 0.25) is 0 Å². The summed E-state index contributed by atoms with van der Waals surface area (Å²) < 4.78 is 1.90. The first-order chi connectivity index (χ1) is 15.0. The first-order valence-electron chi connectivity index (χ1n) is 10.4. The van der Waals surface area contributed by atoms with Gasteiger partial charge in [-0.05, 0) is 44.0 Å². The van der Waals surface area contributed by atoms with Crippen LogP contribution in [0.4, 0.5) is 5.69 Å². The molecule has 6 nitrogen and oxygen atoms in total. The maximum absolute atomic E-state index is 12.7. The number of aromatic nitrogens is 1. The molecule has 2 heterocycles. The molecule has 0 unspecified atom stereocenters. The van der Waals surface area contributed by atoms with Crippen molar-refractivity contribution in [3.63, 3.8) is 0 Å². The van der Waals surface area contributed by atoms with E-state index in [1.54, 1.807) is 18.2 Å². The number of anilines is 1. The van der Waals surface area contributed by atoms with E-state index in [1.807, 2.05) is 65.1 Å². The second-order valence-corrected chi connectivity index (χ2v) is 7.81. The van der Waals surface area contributed by atoms with Crippen LogP contribution < -0.4 is 5.32 Å². The highest BCUT2D eigenvalue weighted by molar-refractivity contribution is 6.10. The van der Waals surface area contributed by atoms with Gasteiger partial charge in [0.15, 0.2) is 0 Å². The summed E-state index contributed by atoms with van der Waals surface area (Å²) in [6, 6.07) is 17.1. The normalized spacial score (nSPS) is 13.9. The van der Waals surface area contributed by atoms with Gasteiger partial charge < -0.3 is 14.8 Å². The average Bonchev–Trinajstić information content (AvgIpc) is 3.43. The second-order valence-electron chi connectivity index (χ2n) is 7.81. The van der Waals surface area contributed by atoms with Gasteiger partial charge in [0.25, 0.3) is 5.91 Å². The van der Waals surface area contributed by atoms with Gasteiger partial charge in [-0.15, -0.1) is 0 Å². The van der Waals surface area contributed by atoms with Crippen molar-refractivity contribution in [1.29, 1.82) is 5.26 Å². The summed E-state index contributed by atoms with van der Waals surface area (Å²) in [4.78, 5) is 27.2.